The van der Waals surface area contributed by atoms with E-state index in [0.29, 0.717) is 0 Å². The number of aliphatic hydroxyl groups is 24. The van der Waals surface area contributed by atoms with Crippen molar-refractivity contribution in [3.8, 4) is 0 Å². The molecular formula is C42H74O36. The number of aliphatic hydroxyl groups excluding tert-OH is 24. The fraction of sp³-hybridized carbons (Fsp3) is 1.00. The zero-order valence-electron chi connectivity index (χ0n) is 40.9. The van der Waals surface area contributed by atoms with Gasteiger partial charge in [-0.1, -0.05) is 0 Å². The van der Waals surface area contributed by atoms with Crippen LogP contribution in [0.25, 0.3) is 0 Å². The van der Waals surface area contributed by atoms with Crippen molar-refractivity contribution in [3.63, 3.8) is 0 Å². The Balaban J connectivity index is 1.19. The molecule has 6 aliphatic rings. The second-order valence-corrected chi connectivity index (χ2v) is 19.3. The van der Waals surface area contributed by atoms with Gasteiger partial charge >= 0.3 is 0 Å². The van der Waals surface area contributed by atoms with Crippen molar-refractivity contribution in [2.45, 2.75) is 209 Å². The van der Waals surface area contributed by atoms with Crippen LogP contribution in [0.5, 0.6) is 0 Å². The molecule has 6 aliphatic heterocycles. The van der Waals surface area contributed by atoms with Gasteiger partial charge in [-0.25, -0.2) is 0 Å². The van der Waals surface area contributed by atoms with Gasteiger partial charge in [0.1, 0.15) is 171 Å². The second kappa shape index (κ2) is 28.9. The Morgan fingerprint density at radius 3 is 0.756 bits per heavy atom. The molecule has 34 atom stereocenters. The molecule has 36 heteroatoms. The summed E-state index contributed by atoms with van der Waals surface area (Å²) in [7, 11) is 0. The van der Waals surface area contributed by atoms with Crippen molar-refractivity contribution in [2.24, 2.45) is 0 Å². The van der Waals surface area contributed by atoms with E-state index in [4.69, 9.17) is 56.8 Å². The van der Waals surface area contributed by atoms with E-state index in [9.17, 15) is 123 Å². The van der Waals surface area contributed by atoms with E-state index in [-0.39, 0.29) is 0 Å². The first-order chi connectivity index (χ1) is 37.0. The van der Waals surface area contributed by atoms with Crippen LogP contribution in [-0.4, -0.2) is 384 Å². The zero-order chi connectivity index (χ0) is 57.8. The van der Waals surface area contributed by atoms with Crippen LogP contribution in [0.15, 0.2) is 0 Å². The highest BCUT2D eigenvalue weighted by Gasteiger charge is 2.58. The Kier molecular flexibility index (Phi) is 24.3. The standard InChI is InChI=1S/C42H74O36/c43-1-9(51)17(53)31(10(52)2-44)73-38-26(62)33(20(56)12(4-46)68-38)75-40-28(64)35(22(58)14(6-48)70-40)77-42-30(66)36(23(59)16(8-50)72-42)78-41-29(65)34(21(57)15(7-49)71-41)76-39-27(63)32(19(55)13(5-47)69-39)74-37-25(61)24(60)18(54)11(3-45)67-37/h9-66H,1-8H2/t9-,10+,11+,12+,13+,14+,15+,16+,17+,18-,19-,20-,21-,22-,23-,24-,25+,26+,27+,28+,29+,30+,31+,32-,33-,34-,35-,36-,37-,38-,39-,40-,41-,42-/m0/s1. The van der Waals surface area contributed by atoms with Gasteiger partial charge in [-0.2, -0.15) is 0 Å². The van der Waals surface area contributed by atoms with Gasteiger partial charge in [0.15, 0.2) is 37.7 Å². The van der Waals surface area contributed by atoms with Crippen molar-refractivity contribution in [1.82, 2.24) is 0 Å². The average molecular weight is 1160 g/mol. The Bertz CT molecular complexity index is 1770. The number of hydrogen-bond acceptors (Lipinski definition) is 36. The summed E-state index contributed by atoms with van der Waals surface area (Å²) >= 11 is 0. The molecule has 0 unspecified atom stereocenters. The van der Waals surface area contributed by atoms with Gasteiger partial charge in [-0.15, -0.1) is 0 Å². The summed E-state index contributed by atoms with van der Waals surface area (Å²) in [5.74, 6) is 0. The second-order valence-electron chi connectivity index (χ2n) is 19.3. The summed E-state index contributed by atoms with van der Waals surface area (Å²) in [6.45, 7) is -8.43. The molecule has 0 bridgehead atoms. The van der Waals surface area contributed by atoms with Crippen molar-refractivity contribution in [3.05, 3.63) is 0 Å². The maximum absolute atomic E-state index is 11.7. The monoisotopic (exact) mass is 1150 g/mol. The topological polar surface area (TPSA) is 596 Å². The van der Waals surface area contributed by atoms with Crippen LogP contribution in [0.4, 0.5) is 0 Å². The lowest BCUT2D eigenvalue weighted by atomic mass is 9.95. The van der Waals surface area contributed by atoms with Gasteiger partial charge in [-0.3, -0.25) is 0 Å². The van der Waals surface area contributed by atoms with Gasteiger partial charge in [0.25, 0.3) is 0 Å². The quantitative estimate of drug-likeness (QED) is 0.0452. The van der Waals surface area contributed by atoms with Crippen molar-refractivity contribution >= 4 is 0 Å². The summed E-state index contributed by atoms with van der Waals surface area (Å²) < 4.78 is 66.8. The largest absolute Gasteiger partial charge is 0.394 e. The van der Waals surface area contributed by atoms with Gasteiger partial charge in [-0.05, 0) is 0 Å². The van der Waals surface area contributed by atoms with Crippen molar-refractivity contribution in [2.75, 3.05) is 52.9 Å². The summed E-state index contributed by atoms with van der Waals surface area (Å²) in [6.07, 6.45) is -69.5. The van der Waals surface area contributed by atoms with Crippen molar-refractivity contribution in [1.29, 1.82) is 0 Å². The van der Waals surface area contributed by atoms with Crippen LogP contribution in [0.1, 0.15) is 0 Å². The Morgan fingerprint density at radius 1 is 0.269 bits per heavy atom. The normalized spacial score (nSPS) is 49.2. The SMILES string of the molecule is OC[C@@H](O)[C@@H](O[C@@H]1O[C@H](CO)[C@H](O)[C@H](O[C@@H]2O[C@H](CO)[C@H](O)[C@H](O[C@@H]3O[C@H](CO)[C@H](O)[C@H](O[C@@H]4O[C@H](CO)[C@H](O)[C@H](O[C@@H]5O[C@H](CO)[C@H](O)[C@H](O[C@@H]6O[C@H](CO)[C@H](O)[C@H](O)[C@H]6O)[C@H]5O)[C@H]4O)[C@H]3O)[C@H]2O)[C@H]1O)[C@H](O)[C@@H](O)CO. The first-order valence-corrected chi connectivity index (χ1v) is 24.6. The third-order valence-corrected chi connectivity index (χ3v) is 14.2. The molecule has 0 radical (unpaired) electrons. The molecule has 6 fully saturated rings. The molecule has 0 spiro atoms. The predicted molar refractivity (Wildman–Crippen MR) is 234 cm³/mol. The minimum atomic E-state index is -2.34. The van der Waals surface area contributed by atoms with E-state index < -0.39 is 262 Å². The lowest BCUT2D eigenvalue weighted by Gasteiger charge is -2.50. The van der Waals surface area contributed by atoms with E-state index in [0.717, 1.165) is 0 Å². The first-order valence-electron chi connectivity index (χ1n) is 24.6. The smallest absolute Gasteiger partial charge is 0.187 e. The molecule has 0 aromatic rings. The van der Waals surface area contributed by atoms with Crippen LogP contribution in [0.2, 0.25) is 0 Å². The third kappa shape index (κ3) is 13.9. The molecule has 458 valence electrons. The highest BCUT2D eigenvalue weighted by molar-refractivity contribution is 5.00. The minimum Gasteiger partial charge on any atom is -0.394 e. The van der Waals surface area contributed by atoms with Gasteiger partial charge in [0, 0.05) is 0 Å². The van der Waals surface area contributed by atoms with Crippen LogP contribution in [-0.2, 0) is 56.8 Å². The lowest BCUT2D eigenvalue weighted by molar-refractivity contribution is -0.399. The Labute approximate surface area is 440 Å². The molecular weight excluding hydrogens is 1080 g/mol. The average Bonchev–Trinajstić information content (AvgIpc) is 3.44. The zero-order valence-corrected chi connectivity index (χ0v) is 40.9. The molecule has 0 aromatic carbocycles. The minimum absolute atomic E-state index is 0.898. The Morgan fingerprint density at radius 2 is 0.500 bits per heavy atom. The van der Waals surface area contributed by atoms with E-state index in [2.05, 4.69) is 0 Å². The highest BCUT2D eigenvalue weighted by Crippen LogP contribution is 2.37. The van der Waals surface area contributed by atoms with E-state index in [1.54, 1.807) is 0 Å². The Hall–Kier alpha value is -1.44. The summed E-state index contributed by atoms with van der Waals surface area (Å²) in [5.41, 5.74) is 0. The highest BCUT2D eigenvalue weighted by atomic mass is 16.8. The van der Waals surface area contributed by atoms with Crippen molar-refractivity contribution < 1.29 is 179 Å². The lowest BCUT2D eigenvalue weighted by Crippen LogP contribution is -2.68. The van der Waals surface area contributed by atoms with Gasteiger partial charge < -0.3 is 179 Å². The molecule has 24 N–H and O–H groups in total. The van der Waals surface area contributed by atoms with Crippen LogP contribution in [0.3, 0.4) is 0 Å². The molecule has 0 amide bonds. The number of ether oxygens (including phenoxy) is 12. The molecule has 6 rings (SSSR count). The first kappa shape index (κ1) is 65.7. The van der Waals surface area contributed by atoms with Gasteiger partial charge in [0.2, 0.25) is 0 Å². The molecule has 6 heterocycles. The molecule has 78 heavy (non-hydrogen) atoms. The van der Waals surface area contributed by atoms with Gasteiger partial charge in [0.05, 0.1) is 52.9 Å². The van der Waals surface area contributed by atoms with Crippen LogP contribution >= 0.6 is 0 Å². The fourth-order valence-corrected chi connectivity index (χ4v) is 9.57. The summed E-state index contributed by atoms with van der Waals surface area (Å²) in [6, 6.07) is 0. The number of rotatable bonds is 23. The van der Waals surface area contributed by atoms with Crippen LogP contribution in [0, 0.1) is 0 Å². The third-order valence-electron chi connectivity index (χ3n) is 14.2. The molecule has 36 nitrogen and oxygen atoms in total. The van der Waals surface area contributed by atoms with Crippen LogP contribution < -0.4 is 0 Å². The predicted octanol–water partition coefficient (Wildman–Crippen LogP) is -16.6. The molecule has 0 aliphatic carbocycles. The van der Waals surface area contributed by atoms with E-state index >= 15 is 0 Å². The number of hydrogen-bond donors (Lipinski definition) is 24. The maximum Gasteiger partial charge on any atom is 0.187 e. The summed E-state index contributed by atoms with van der Waals surface area (Å²) in [5, 5.41) is 255. The van der Waals surface area contributed by atoms with E-state index in [1.807, 2.05) is 0 Å². The molecule has 6 saturated heterocycles. The fourth-order valence-electron chi connectivity index (χ4n) is 9.57. The van der Waals surface area contributed by atoms with E-state index in [1.165, 1.54) is 0 Å². The molecule has 0 aromatic heterocycles. The maximum atomic E-state index is 11.7. The molecule has 0 saturated carbocycles. The summed E-state index contributed by atoms with van der Waals surface area (Å²) in [4.78, 5) is 0.